The number of nitrogens with one attached hydrogen (secondary N) is 2. The lowest BCUT2D eigenvalue weighted by Gasteiger charge is -2.04. The van der Waals surface area contributed by atoms with Crippen molar-refractivity contribution in [2.75, 3.05) is 0 Å². The third kappa shape index (κ3) is 2.34. The summed E-state index contributed by atoms with van der Waals surface area (Å²) in [5.74, 6) is 1.03. The number of rotatable bonds is 5. The van der Waals surface area contributed by atoms with Crippen LogP contribution in [-0.2, 0) is 13.1 Å². The number of nitrogens with zero attached hydrogens (tertiary/aromatic N) is 6. The molecule has 0 unspecified atom stereocenters. The molecule has 1 aliphatic carbocycles. The van der Waals surface area contributed by atoms with Gasteiger partial charge in [-0.3, -0.25) is 4.79 Å². The Morgan fingerprint density at radius 1 is 1.56 bits per heavy atom. The van der Waals surface area contributed by atoms with Crippen molar-refractivity contribution in [1.82, 2.24) is 40.9 Å². The van der Waals surface area contributed by atoms with Gasteiger partial charge in [0.25, 0.3) is 5.91 Å². The van der Waals surface area contributed by atoms with E-state index in [1.807, 2.05) is 0 Å². The molecule has 1 aliphatic rings. The molecular formula is C9H12N8O. The summed E-state index contributed by atoms with van der Waals surface area (Å²) in [6.45, 7) is 1.10. The van der Waals surface area contributed by atoms with Crippen LogP contribution in [0.25, 0.3) is 0 Å². The average molecular weight is 248 g/mol. The van der Waals surface area contributed by atoms with E-state index in [0.717, 1.165) is 6.54 Å². The molecule has 0 aliphatic heterocycles. The molecule has 1 saturated carbocycles. The van der Waals surface area contributed by atoms with Crippen LogP contribution in [0.1, 0.15) is 29.2 Å². The predicted molar refractivity (Wildman–Crippen MR) is 58.1 cm³/mol. The molecule has 0 bridgehead atoms. The van der Waals surface area contributed by atoms with Gasteiger partial charge >= 0.3 is 0 Å². The van der Waals surface area contributed by atoms with Crippen molar-refractivity contribution < 1.29 is 4.79 Å². The van der Waals surface area contributed by atoms with E-state index in [0.29, 0.717) is 11.7 Å². The predicted octanol–water partition coefficient (Wildman–Crippen LogP) is -0.869. The van der Waals surface area contributed by atoms with Crippen LogP contribution in [0.5, 0.6) is 0 Å². The summed E-state index contributed by atoms with van der Waals surface area (Å²) in [5, 5.41) is 23.8. The van der Waals surface area contributed by atoms with Crippen molar-refractivity contribution in [3.8, 4) is 0 Å². The molecular weight excluding hydrogens is 236 g/mol. The molecule has 3 rings (SSSR count). The van der Waals surface area contributed by atoms with Crippen molar-refractivity contribution in [2.45, 2.75) is 25.9 Å². The summed E-state index contributed by atoms with van der Waals surface area (Å²) in [6.07, 6.45) is 3.82. The van der Waals surface area contributed by atoms with Crippen molar-refractivity contribution in [3.63, 3.8) is 0 Å². The van der Waals surface area contributed by atoms with Crippen LogP contribution >= 0.6 is 0 Å². The zero-order valence-electron chi connectivity index (χ0n) is 9.57. The van der Waals surface area contributed by atoms with Crippen LogP contribution in [0.15, 0.2) is 6.20 Å². The minimum absolute atomic E-state index is 0.246. The molecule has 0 spiro atoms. The van der Waals surface area contributed by atoms with Crippen molar-refractivity contribution in [3.05, 3.63) is 17.7 Å². The van der Waals surface area contributed by atoms with E-state index < -0.39 is 0 Å². The molecule has 94 valence electrons. The number of carbonyl (C=O) groups is 1. The van der Waals surface area contributed by atoms with Crippen molar-refractivity contribution in [2.24, 2.45) is 5.92 Å². The number of hydrogen-bond acceptors (Lipinski definition) is 6. The van der Waals surface area contributed by atoms with E-state index in [2.05, 4.69) is 36.3 Å². The normalized spacial score (nSPS) is 14.7. The number of amides is 1. The van der Waals surface area contributed by atoms with Gasteiger partial charge in [0.15, 0.2) is 11.5 Å². The van der Waals surface area contributed by atoms with Gasteiger partial charge in [-0.05, 0) is 29.2 Å². The fourth-order valence-corrected chi connectivity index (χ4v) is 1.60. The third-order valence-electron chi connectivity index (χ3n) is 2.79. The fourth-order valence-electron chi connectivity index (χ4n) is 1.60. The Morgan fingerprint density at radius 2 is 2.44 bits per heavy atom. The van der Waals surface area contributed by atoms with Gasteiger partial charge in [0.1, 0.15) is 0 Å². The summed E-state index contributed by atoms with van der Waals surface area (Å²) in [6, 6.07) is 0. The highest BCUT2D eigenvalue weighted by Gasteiger charge is 2.23. The Hall–Kier alpha value is -2.32. The lowest BCUT2D eigenvalue weighted by molar-refractivity contribution is 0.0944. The van der Waals surface area contributed by atoms with Gasteiger partial charge in [0.05, 0.1) is 12.7 Å². The van der Waals surface area contributed by atoms with Crippen LogP contribution in [0.3, 0.4) is 0 Å². The molecule has 2 heterocycles. The highest BCUT2D eigenvalue weighted by molar-refractivity contribution is 5.91. The van der Waals surface area contributed by atoms with Gasteiger partial charge < -0.3 is 5.32 Å². The van der Waals surface area contributed by atoms with Gasteiger partial charge in [-0.2, -0.15) is 15.4 Å². The van der Waals surface area contributed by atoms with Crippen LogP contribution < -0.4 is 5.32 Å². The Morgan fingerprint density at radius 3 is 3.17 bits per heavy atom. The van der Waals surface area contributed by atoms with Crippen molar-refractivity contribution >= 4 is 5.91 Å². The van der Waals surface area contributed by atoms with E-state index >= 15 is 0 Å². The first-order valence-corrected chi connectivity index (χ1v) is 5.72. The van der Waals surface area contributed by atoms with Gasteiger partial charge in [-0.25, -0.2) is 4.68 Å². The maximum Gasteiger partial charge on any atom is 0.273 e. The molecule has 1 amide bonds. The molecule has 2 aromatic rings. The lowest BCUT2D eigenvalue weighted by Crippen LogP contribution is -2.25. The number of hydrogen-bond donors (Lipinski definition) is 2. The lowest BCUT2D eigenvalue weighted by atomic mass is 10.4. The molecule has 0 saturated heterocycles. The summed E-state index contributed by atoms with van der Waals surface area (Å²) in [7, 11) is 0. The first kappa shape index (κ1) is 10.8. The maximum absolute atomic E-state index is 11.6. The summed E-state index contributed by atoms with van der Waals surface area (Å²) >= 11 is 0. The fraction of sp³-hybridized carbons (Fsp3) is 0.556. The SMILES string of the molecule is O=C(NCc1nnnn1CC1CC1)c1cn[nH]n1. The molecule has 1 fully saturated rings. The molecule has 2 aromatic heterocycles. The average Bonchev–Trinajstić information content (AvgIpc) is 2.88. The van der Waals surface area contributed by atoms with Gasteiger partial charge in [-0.15, -0.1) is 5.10 Å². The van der Waals surface area contributed by atoms with Gasteiger partial charge in [-0.1, -0.05) is 0 Å². The topological polar surface area (TPSA) is 114 Å². The van der Waals surface area contributed by atoms with Crippen LogP contribution in [-0.4, -0.2) is 41.5 Å². The summed E-state index contributed by atoms with van der Waals surface area (Å²) in [4.78, 5) is 11.6. The number of tetrazole rings is 1. The molecule has 9 nitrogen and oxygen atoms in total. The smallest absolute Gasteiger partial charge is 0.273 e. The van der Waals surface area contributed by atoms with E-state index in [-0.39, 0.29) is 18.1 Å². The maximum atomic E-state index is 11.6. The largest absolute Gasteiger partial charge is 0.343 e. The number of carbonyl (C=O) groups excluding carboxylic acids is 1. The summed E-state index contributed by atoms with van der Waals surface area (Å²) < 4.78 is 1.74. The minimum atomic E-state index is -0.301. The quantitative estimate of drug-likeness (QED) is 0.711. The van der Waals surface area contributed by atoms with Gasteiger partial charge in [0.2, 0.25) is 0 Å². The molecule has 0 aromatic carbocycles. The number of aromatic nitrogens is 7. The molecule has 2 N–H and O–H groups in total. The Bertz CT molecular complexity index is 529. The second-order valence-electron chi connectivity index (χ2n) is 4.26. The monoisotopic (exact) mass is 248 g/mol. The van der Waals surface area contributed by atoms with Crippen LogP contribution in [0.2, 0.25) is 0 Å². The third-order valence-corrected chi connectivity index (χ3v) is 2.79. The number of H-pyrrole nitrogens is 1. The van der Waals surface area contributed by atoms with E-state index in [1.165, 1.54) is 19.0 Å². The zero-order valence-corrected chi connectivity index (χ0v) is 9.57. The zero-order chi connectivity index (χ0) is 12.4. The second-order valence-corrected chi connectivity index (χ2v) is 4.26. The molecule has 0 atom stereocenters. The minimum Gasteiger partial charge on any atom is -0.343 e. The molecule has 9 heteroatoms. The van der Waals surface area contributed by atoms with E-state index in [4.69, 9.17) is 0 Å². The Balaban J connectivity index is 1.59. The van der Waals surface area contributed by atoms with E-state index in [9.17, 15) is 4.79 Å². The number of aromatic amines is 1. The molecule has 18 heavy (non-hydrogen) atoms. The first-order chi connectivity index (χ1) is 8.83. The van der Waals surface area contributed by atoms with E-state index in [1.54, 1.807) is 4.68 Å². The Labute approximate surface area is 102 Å². The second kappa shape index (κ2) is 4.51. The van der Waals surface area contributed by atoms with Crippen LogP contribution in [0, 0.1) is 5.92 Å². The first-order valence-electron chi connectivity index (χ1n) is 5.72. The highest BCUT2D eigenvalue weighted by atomic mass is 16.2. The van der Waals surface area contributed by atoms with Crippen LogP contribution in [0.4, 0.5) is 0 Å². The van der Waals surface area contributed by atoms with Crippen molar-refractivity contribution in [1.29, 1.82) is 0 Å². The standard InChI is InChI=1S/C9H12N8O/c18-9(7-3-11-14-12-7)10-4-8-13-15-16-17(8)5-6-1-2-6/h3,6H,1-2,4-5H2,(H,10,18)(H,11,12,14). The molecule has 0 radical (unpaired) electrons. The summed E-state index contributed by atoms with van der Waals surface area (Å²) in [5.41, 5.74) is 0.246. The van der Waals surface area contributed by atoms with Gasteiger partial charge in [0, 0.05) is 6.54 Å². The Kier molecular flexibility index (Phi) is 2.71. The highest BCUT2D eigenvalue weighted by Crippen LogP contribution is 2.30.